The van der Waals surface area contributed by atoms with E-state index in [1.165, 1.54) is 0 Å². The molecule has 68 valence electrons. The van der Waals surface area contributed by atoms with Gasteiger partial charge in [0.2, 0.25) is 0 Å². The van der Waals surface area contributed by atoms with Crippen LogP contribution in [0.25, 0.3) is 10.8 Å². The number of halogens is 1. The van der Waals surface area contributed by atoms with Gasteiger partial charge in [0.15, 0.2) is 0 Å². The summed E-state index contributed by atoms with van der Waals surface area (Å²) in [5.41, 5.74) is 1.03. The highest BCUT2D eigenvalue weighted by Crippen LogP contribution is 2.20. The van der Waals surface area contributed by atoms with E-state index < -0.39 is 0 Å². The van der Waals surface area contributed by atoms with Gasteiger partial charge in [-0.3, -0.25) is 0 Å². The first kappa shape index (κ1) is 9.05. The third kappa shape index (κ3) is 1.71. The molecule has 0 amide bonds. The van der Waals surface area contributed by atoms with E-state index in [0.29, 0.717) is 6.42 Å². The Morgan fingerprint density at radius 1 is 1.07 bits per heavy atom. The Morgan fingerprint density at radius 2 is 1.86 bits per heavy atom. The third-order valence-corrected chi connectivity index (χ3v) is 2.38. The van der Waals surface area contributed by atoms with Gasteiger partial charge in [-0.1, -0.05) is 35.9 Å². The molecule has 2 aromatic carbocycles. The molecule has 0 saturated carbocycles. The molecular weight excluding hydrogens is 194 g/mol. The van der Waals surface area contributed by atoms with Gasteiger partial charge in [0, 0.05) is 5.02 Å². The zero-order valence-electron chi connectivity index (χ0n) is 7.50. The van der Waals surface area contributed by atoms with E-state index in [9.17, 15) is 0 Å². The highest BCUT2D eigenvalue weighted by atomic mass is 35.5. The smallest absolute Gasteiger partial charge is 0.0669 e. The van der Waals surface area contributed by atoms with Crippen molar-refractivity contribution in [3.05, 3.63) is 47.0 Å². The van der Waals surface area contributed by atoms with Gasteiger partial charge in [-0.05, 0) is 28.5 Å². The summed E-state index contributed by atoms with van der Waals surface area (Å²) in [6.07, 6.45) is 0.447. The van der Waals surface area contributed by atoms with Crippen LogP contribution < -0.4 is 0 Å². The maximum absolute atomic E-state index is 8.57. The first-order chi connectivity index (χ1) is 6.79. The predicted molar refractivity (Wildman–Crippen MR) is 58.3 cm³/mol. The van der Waals surface area contributed by atoms with Crippen LogP contribution in [0.5, 0.6) is 0 Å². The molecule has 2 heteroatoms. The number of fused-ring (bicyclic) bond motifs is 1. The number of rotatable bonds is 1. The van der Waals surface area contributed by atoms with Crippen LogP contribution in [-0.2, 0) is 6.42 Å². The Hall–Kier alpha value is -1.52. The van der Waals surface area contributed by atoms with Crippen LogP contribution in [0.15, 0.2) is 36.4 Å². The van der Waals surface area contributed by atoms with Crippen molar-refractivity contribution in [2.24, 2.45) is 0 Å². The van der Waals surface area contributed by atoms with Crippen molar-refractivity contribution >= 4 is 22.4 Å². The van der Waals surface area contributed by atoms with Gasteiger partial charge in [0.05, 0.1) is 12.5 Å². The van der Waals surface area contributed by atoms with Gasteiger partial charge < -0.3 is 0 Å². The number of nitrogens with zero attached hydrogens (tertiary/aromatic N) is 1. The van der Waals surface area contributed by atoms with Gasteiger partial charge in [0.1, 0.15) is 0 Å². The summed E-state index contributed by atoms with van der Waals surface area (Å²) in [5.74, 6) is 0. The molecule has 0 aromatic heterocycles. The molecule has 2 aromatic rings. The van der Waals surface area contributed by atoms with Crippen molar-refractivity contribution in [1.29, 1.82) is 5.26 Å². The second kappa shape index (κ2) is 3.69. The predicted octanol–water partition coefficient (Wildman–Crippen LogP) is 3.56. The fraction of sp³-hybridized carbons (Fsp3) is 0.0833. The summed E-state index contributed by atoms with van der Waals surface area (Å²) in [4.78, 5) is 0. The quantitative estimate of drug-likeness (QED) is 0.692. The Morgan fingerprint density at radius 3 is 2.64 bits per heavy atom. The molecule has 0 aliphatic rings. The molecule has 0 heterocycles. The number of hydrogen-bond donors (Lipinski definition) is 0. The van der Waals surface area contributed by atoms with E-state index in [2.05, 4.69) is 6.07 Å². The number of nitriles is 1. The molecule has 0 aliphatic heterocycles. The van der Waals surface area contributed by atoms with Crippen LogP contribution >= 0.6 is 11.6 Å². The molecule has 1 nitrogen and oxygen atoms in total. The molecule has 0 aliphatic carbocycles. The molecule has 0 spiro atoms. The lowest BCUT2D eigenvalue weighted by molar-refractivity contribution is 1.27. The molecule has 0 saturated heterocycles. The Balaban J connectivity index is 2.59. The zero-order chi connectivity index (χ0) is 9.97. The first-order valence-electron chi connectivity index (χ1n) is 4.35. The Labute approximate surface area is 87.5 Å². The average molecular weight is 202 g/mol. The summed E-state index contributed by atoms with van der Waals surface area (Å²) in [6.45, 7) is 0. The van der Waals surface area contributed by atoms with Crippen molar-refractivity contribution in [1.82, 2.24) is 0 Å². The summed E-state index contributed by atoms with van der Waals surface area (Å²) >= 11 is 5.88. The molecule has 2 rings (SSSR count). The minimum atomic E-state index is 0.447. The van der Waals surface area contributed by atoms with E-state index in [-0.39, 0.29) is 0 Å². The van der Waals surface area contributed by atoms with Crippen molar-refractivity contribution in [3.63, 3.8) is 0 Å². The monoisotopic (exact) mass is 201 g/mol. The van der Waals surface area contributed by atoms with Gasteiger partial charge in [-0.2, -0.15) is 5.26 Å². The normalized spacial score (nSPS) is 10.0. The van der Waals surface area contributed by atoms with Crippen molar-refractivity contribution in [3.8, 4) is 6.07 Å². The molecule has 14 heavy (non-hydrogen) atoms. The topological polar surface area (TPSA) is 23.8 Å². The highest BCUT2D eigenvalue weighted by Gasteiger charge is 1.96. The standard InChI is InChI=1S/C12H8ClN/c13-12-4-3-10-2-1-9(5-6-14)7-11(10)8-12/h1-4,7-8H,5H2. The highest BCUT2D eigenvalue weighted by molar-refractivity contribution is 6.31. The maximum Gasteiger partial charge on any atom is 0.0669 e. The molecule has 0 atom stereocenters. The largest absolute Gasteiger partial charge is 0.198 e. The van der Waals surface area contributed by atoms with E-state index in [1.807, 2.05) is 36.4 Å². The van der Waals surface area contributed by atoms with E-state index in [0.717, 1.165) is 21.4 Å². The third-order valence-electron chi connectivity index (χ3n) is 2.15. The maximum atomic E-state index is 8.57. The van der Waals surface area contributed by atoms with Crippen molar-refractivity contribution in [2.45, 2.75) is 6.42 Å². The molecular formula is C12H8ClN. The Bertz CT molecular complexity index is 511. The van der Waals surface area contributed by atoms with Crippen LogP contribution in [0.3, 0.4) is 0 Å². The van der Waals surface area contributed by atoms with Gasteiger partial charge in [-0.15, -0.1) is 0 Å². The lowest BCUT2D eigenvalue weighted by Gasteiger charge is -2.00. The van der Waals surface area contributed by atoms with Crippen LogP contribution in [0.1, 0.15) is 5.56 Å². The minimum absolute atomic E-state index is 0.447. The Kier molecular flexibility index (Phi) is 2.39. The van der Waals surface area contributed by atoms with Gasteiger partial charge in [-0.25, -0.2) is 0 Å². The molecule has 0 N–H and O–H groups in total. The molecule has 0 radical (unpaired) electrons. The first-order valence-corrected chi connectivity index (χ1v) is 4.72. The molecule has 0 bridgehead atoms. The number of benzene rings is 2. The van der Waals surface area contributed by atoms with Crippen LogP contribution in [0.2, 0.25) is 5.02 Å². The van der Waals surface area contributed by atoms with E-state index in [1.54, 1.807) is 0 Å². The van der Waals surface area contributed by atoms with E-state index in [4.69, 9.17) is 16.9 Å². The number of hydrogen-bond acceptors (Lipinski definition) is 1. The van der Waals surface area contributed by atoms with Crippen LogP contribution in [-0.4, -0.2) is 0 Å². The second-order valence-corrected chi connectivity index (χ2v) is 3.60. The van der Waals surface area contributed by atoms with Crippen LogP contribution in [0.4, 0.5) is 0 Å². The summed E-state index contributed by atoms with van der Waals surface area (Å²) in [6, 6.07) is 13.9. The van der Waals surface area contributed by atoms with Gasteiger partial charge >= 0.3 is 0 Å². The fourth-order valence-electron chi connectivity index (χ4n) is 1.47. The van der Waals surface area contributed by atoms with Gasteiger partial charge in [0.25, 0.3) is 0 Å². The SMILES string of the molecule is N#CCc1ccc2ccc(Cl)cc2c1. The second-order valence-electron chi connectivity index (χ2n) is 3.16. The molecule has 0 fully saturated rings. The lowest BCUT2D eigenvalue weighted by atomic mass is 10.1. The fourth-order valence-corrected chi connectivity index (χ4v) is 1.65. The van der Waals surface area contributed by atoms with Crippen LogP contribution in [0, 0.1) is 11.3 Å². The summed E-state index contributed by atoms with van der Waals surface area (Å²) in [7, 11) is 0. The minimum Gasteiger partial charge on any atom is -0.198 e. The average Bonchev–Trinajstić information content (AvgIpc) is 2.17. The zero-order valence-corrected chi connectivity index (χ0v) is 8.25. The lowest BCUT2D eigenvalue weighted by Crippen LogP contribution is -1.81. The van der Waals surface area contributed by atoms with E-state index >= 15 is 0 Å². The summed E-state index contributed by atoms with van der Waals surface area (Å²) in [5, 5.41) is 11.5. The molecule has 0 unspecified atom stereocenters. The van der Waals surface area contributed by atoms with Crippen molar-refractivity contribution < 1.29 is 0 Å². The van der Waals surface area contributed by atoms with Crippen molar-refractivity contribution in [2.75, 3.05) is 0 Å². The summed E-state index contributed by atoms with van der Waals surface area (Å²) < 4.78 is 0.